The van der Waals surface area contributed by atoms with E-state index in [2.05, 4.69) is 5.38 Å². The second-order valence-electron chi connectivity index (χ2n) is 0.731. The fourth-order valence-corrected chi connectivity index (χ4v) is 0.589. The van der Waals surface area contributed by atoms with Gasteiger partial charge in [0.15, 0.2) is 0 Å². The molecule has 7 heavy (non-hydrogen) atoms. The van der Waals surface area contributed by atoms with E-state index in [4.69, 9.17) is 0 Å². The molecule has 0 saturated heterocycles. The fourth-order valence-electron chi connectivity index (χ4n) is 0.196. The van der Waals surface area contributed by atoms with Crippen LogP contribution in [0.3, 0.4) is 0 Å². The van der Waals surface area contributed by atoms with Crippen LogP contribution in [0.4, 0.5) is 0 Å². The summed E-state index contributed by atoms with van der Waals surface area (Å²) in [6.45, 7) is 0. The van der Waals surface area contributed by atoms with Crippen molar-refractivity contribution in [3.63, 3.8) is 0 Å². The zero-order valence-corrected chi connectivity index (χ0v) is 7.14. The van der Waals surface area contributed by atoms with Crippen LogP contribution in [0.2, 0.25) is 0 Å². The molecule has 0 aliphatic rings. The normalized spacial score (nSPS) is 5.71. The SMILES string of the molecule is Br.[Mn].[c-]1cccs1. The van der Waals surface area contributed by atoms with Gasteiger partial charge < -0.3 is 11.3 Å². The van der Waals surface area contributed by atoms with Crippen molar-refractivity contribution in [3.05, 3.63) is 22.9 Å². The van der Waals surface area contributed by atoms with Crippen LogP contribution >= 0.6 is 28.3 Å². The summed E-state index contributed by atoms with van der Waals surface area (Å²) in [5.74, 6) is 0. The molecule has 3 heteroatoms. The minimum Gasteiger partial charge on any atom is -0.304 e. The first-order valence-corrected chi connectivity index (χ1v) is 2.27. The van der Waals surface area contributed by atoms with Crippen molar-refractivity contribution < 1.29 is 17.1 Å². The average Bonchev–Trinajstić information content (AvgIpc) is 1.76. The van der Waals surface area contributed by atoms with Crippen LogP contribution in [0.15, 0.2) is 17.5 Å². The van der Waals surface area contributed by atoms with Crippen molar-refractivity contribution in [1.29, 1.82) is 0 Å². The second kappa shape index (κ2) is 6.70. The number of hydrogen-bond donors (Lipinski definition) is 0. The first kappa shape index (κ1) is 10.6. The van der Waals surface area contributed by atoms with E-state index in [1.165, 1.54) is 0 Å². The van der Waals surface area contributed by atoms with Gasteiger partial charge in [0.2, 0.25) is 0 Å². The molecule has 41 valence electrons. The van der Waals surface area contributed by atoms with E-state index in [9.17, 15) is 0 Å². The summed E-state index contributed by atoms with van der Waals surface area (Å²) in [6.07, 6.45) is 0. The van der Waals surface area contributed by atoms with Gasteiger partial charge in [0.1, 0.15) is 0 Å². The molecule has 0 bridgehead atoms. The van der Waals surface area contributed by atoms with E-state index >= 15 is 0 Å². The van der Waals surface area contributed by atoms with Gasteiger partial charge in [0, 0.05) is 17.1 Å². The molecule has 0 spiro atoms. The zero-order valence-electron chi connectivity index (χ0n) is 3.43. The van der Waals surface area contributed by atoms with E-state index < -0.39 is 0 Å². The molecule has 0 unspecified atom stereocenters. The molecule has 0 aliphatic heterocycles. The third-order valence-electron chi connectivity index (χ3n) is 0.379. The summed E-state index contributed by atoms with van der Waals surface area (Å²) in [7, 11) is 0. The zero-order chi connectivity index (χ0) is 3.54. The van der Waals surface area contributed by atoms with Crippen LogP contribution in [0, 0.1) is 5.38 Å². The standard InChI is InChI=1S/C4H3S.BrH.Mn/c1-2-4-5-3-1;;/h1-3H;1H;/q-1;;. The van der Waals surface area contributed by atoms with E-state index in [0.29, 0.717) is 0 Å². The molecule has 1 radical (unpaired) electrons. The number of hydrogen-bond acceptors (Lipinski definition) is 1. The molecule has 0 aliphatic carbocycles. The monoisotopic (exact) mass is 218 g/mol. The Balaban J connectivity index is 0. The van der Waals surface area contributed by atoms with Crippen LogP contribution in [0.5, 0.6) is 0 Å². The summed E-state index contributed by atoms with van der Waals surface area (Å²) in [4.78, 5) is 0. The van der Waals surface area contributed by atoms with E-state index in [1.54, 1.807) is 11.3 Å². The number of halogens is 1. The molecule has 1 heterocycles. The Morgan fingerprint density at radius 1 is 1.43 bits per heavy atom. The molecular formula is C4H4BrMnS-. The van der Waals surface area contributed by atoms with Crippen LogP contribution in [-0.4, -0.2) is 0 Å². The molecule has 0 nitrogen and oxygen atoms in total. The molecule has 0 aromatic carbocycles. The minimum atomic E-state index is 0. The van der Waals surface area contributed by atoms with E-state index in [0.717, 1.165) is 0 Å². The summed E-state index contributed by atoms with van der Waals surface area (Å²) in [6, 6.07) is 3.86. The first-order chi connectivity index (χ1) is 2.50. The van der Waals surface area contributed by atoms with Crippen LogP contribution in [-0.2, 0) is 17.1 Å². The Kier molecular flexibility index (Phi) is 10.2. The van der Waals surface area contributed by atoms with E-state index in [-0.39, 0.29) is 34.1 Å². The maximum atomic E-state index is 2.90. The maximum absolute atomic E-state index is 2.90. The van der Waals surface area contributed by atoms with Crippen molar-refractivity contribution >= 4 is 28.3 Å². The van der Waals surface area contributed by atoms with Crippen molar-refractivity contribution in [1.82, 2.24) is 0 Å². The molecule has 1 rings (SSSR count). The summed E-state index contributed by atoms with van der Waals surface area (Å²) in [5, 5.41) is 4.89. The van der Waals surface area contributed by atoms with Crippen LogP contribution < -0.4 is 0 Å². The van der Waals surface area contributed by atoms with Crippen LogP contribution in [0.25, 0.3) is 0 Å². The van der Waals surface area contributed by atoms with Gasteiger partial charge in [-0.3, -0.25) is 0 Å². The fraction of sp³-hybridized carbons (Fsp3) is 0. The van der Waals surface area contributed by atoms with Gasteiger partial charge in [-0.05, 0) is 0 Å². The third kappa shape index (κ3) is 4.55. The summed E-state index contributed by atoms with van der Waals surface area (Å²) in [5.41, 5.74) is 0. The van der Waals surface area contributed by atoms with Crippen molar-refractivity contribution in [2.45, 2.75) is 0 Å². The van der Waals surface area contributed by atoms with E-state index in [1.807, 2.05) is 17.5 Å². The Bertz CT molecular complexity index is 68.2. The average molecular weight is 219 g/mol. The minimum absolute atomic E-state index is 0. The predicted molar refractivity (Wildman–Crippen MR) is 33.5 cm³/mol. The Morgan fingerprint density at radius 2 is 2.14 bits per heavy atom. The molecule has 1 aromatic rings. The molecule has 0 saturated carbocycles. The largest absolute Gasteiger partial charge is 0.304 e. The quantitative estimate of drug-likeness (QED) is 0.463. The first-order valence-electron chi connectivity index (χ1n) is 1.40. The van der Waals surface area contributed by atoms with Gasteiger partial charge in [-0.1, -0.05) is 0 Å². The Labute approximate surface area is 68.2 Å². The Hall–Kier alpha value is 0.699. The van der Waals surface area contributed by atoms with Gasteiger partial charge in [-0.25, -0.2) is 6.07 Å². The molecule has 1 aromatic heterocycles. The van der Waals surface area contributed by atoms with Crippen molar-refractivity contribution in [3.8, 4) is 0 Å². The molecule has 0 atom stereocenters. The molecule has 0 amide bonds. The smallest absolute Gasteiger partial charge is 0 e. The van der Waals surface area contributed by atoms with Gasteiger partial charge in [0.05, 0.1) is 0 Å². The Morgan fingerprint density at radius 3 is 2.29 bits per heavy atom. The summed E-state index contributed by atoms with van der Waals surface area (Å²) >= 11 is 1.59. The van der Waals surface area contributed by atoms with Crippen molar-refractivity contribution in [2.75, 3.05) is 0 Å². The third-order valence-corrected chi connectivity index (χ3v) is 0.944. The number of rotatable bonds is 0. The second-order valence-corrected chi connectivity index (χ2v) is 1.47. The van der Waals surface area contributed by atoms with Crippen molar-refractivity contribution in [2.24, 2.45) is 0 Å². The predicted octanol–water partition coefficient (Wildman–Crippen LogP) is 2.12. The van der Waals surface area contributed by atoms with Gasteiger partial charge >= 0.3 is 0 Å². The maximum Gasteiger partial charge on any atom is 0 e. The van der Waals surface area contributed by atoms with Gasteiger partial charge in [-0.15, -0.1) is 22.4 Å². The number of thiophene rings is 1. The summed E-state index contributed by atoms with van der Waals surface area (Å²) < 4.78 is 0. The molecular weight excluding hydrogens is 215 g/mol. The van der Waals surface area contributed by atoms with Crippen LogP contribution in [0.1, 0.15) is 0 Å². The molecule has 0 N–H and O–H groups in total. The van der Waals surface area contributed by atoms with Gasteiger partial charge in [0.25, 0.3) is 0 Å². The van der Waals surface area contributed by atoms with Gasteiger partial charge in [-0.2, -0.15) is 11.4 Å². The topological polar surface area (TPSA) is 0 Å². The molecule has 0 fully saturated rings.